The third-order valence-electron chi connectivity index (χ3n) is 3.90. The number of ether oxygens (including phenoxy) is 4. The lowest BCUT2D eigenvalue weighted by Crippen LogP contribution is -2.29. The first kappa shape index (κ1) is 22.1. The topological polar surface area (TPSA) is 83.1 Å². The van der Waals surface area contributed by atoms with Gasteiger partial charge in [-0.2, -0.15) is 0 Å². The fraction of sp³-hybridized carbons (Fsp3) is 0.238. The molecule has 29 heavy (non-hydrogen) atoms. The van der Waals surface area contributed by atoms with Crippen molar-refractivity contribution in [1.82, 2.24) is 0 Å². The van der Waals surface area contributed by atoms with Gasteiger partial charge in [0.15, 0.2) is 17.6 Å². The first-order valence-corrected chi connectivity index (χ1v) is 9.00. The van der Waals surface area contributed by atoms with Crippen LogP contribution in [0.25, 0.3) is 6.08 Å². The molecule has 0 bridgehead atoms. The maximum atomic E-state index is 12.2. The number of halogens is 1. The fourth-order valence-corrected chi connectivity index (χ4v) is 2.63. The third-order valence-corrected chi connectivity index (χ3v) is 4.20. The minimum Gasteiger partial charge on any atom is -0.495 e. The summed E-state index contributed by atoms with van der Waals surface area (Å²) in [7, 11) is 4.56. The Morgan fingerprint density at radius 1 is 0.966 bits per heavy atom. The van der Waals surface area contributed by atoms with E-state index in [0.29, 0.717) is 33.5 Å². The Kier molecular flexibility index (Phi) is 7.91. The molecule has 0 aliphatic rings. The number of carbonyl (C=O) groups excluding carboxylic acids is 2. The summed E-state index contributed by atoms with van der Waals surface area (Å²) in [5, 5.41) is 2.98. The molecule has 2 aromatic rings. The highest BCUT2D eigenvalue weighted by atomic mass is 35.5. The van der Waals surface area contributed by atoms with Gasteiger partial charge >= 0.3 is 5.97 Å². The molecule has 1 amide bonds. The standard InChI is InChI=1S/C21H22ClNO6/c1-13(21(25)23-15-7-9-17(26-2)16(22)12-15)29-20(24)10-6-14-5-8-18(27-3)19(11-14)28-4/h5-13H,1-4H3,(H,23,25)/b10-6+/t13-/m1/s1. The maximum Gasteiger partial charge on any atom is 0.331 e. The second-order valence-electron chi connectivity index (χ2n) is 5.87. The molecule has 0 aliphatic carbocycles. The van der Waals surface area contributed by atoms with Crippen molar-refractivity contribution < 1.29 is 28.5 Å². The highest BCUT2D eigenvalue weighted by Crippen LogP contribution is 2.28. The third kappa shape index (κ3) is 6.15. The molecule has 0 saturated carbocycles. The van der Waals surface area contributed by atoms with Crippen LogP contribution < -0.4 is 19.5 Å². The van der Waals surface area contributed by atoms with Gasteiger partial charge in [-0.15, -0.1) is 0 Å². The zero-order valence-electron chi connectivity index (χ0n) is 16.5. The molecular weight excluding hydrogens is 398 g/mol. The van der Waals surface area contributed by atoms with Crippen LogP contribution in [0, 0.1) is 0 Å². The van der Waals surface area contributed by atoms with Crippen molar-refractivity contribution in [2.75, 3.05) is 26.6 Å². The molecular formula is C21H22ClNO6. The van der Waals surface area contributed by atoms with Gasteiger partial charge in [0.05, 0.1) is 26.4 Å². The zero-order chi connectivity index (χ0) is 21.4. The zero-order valence-corrected chi connectivity index (χ0v) is 17.3. The molecule has 154 valence electrons. The summed E-state index contributed by atoms with van der Waals surface area (Å²) in [5.74, 6) is 0.462. The molecule has 0 radical (unpaired) electrons. The van der Waals surface area contributed by atoms with E-state index < -0.39 is 18.0 Å². The van der Waals surface area contributed by atoms with Crippen LogP contribution in [-0.2, 0) is 14.3 Å². The van der Waals surface area contributed by atoms with Gasteiger partial charge in [-0.3, -0.25) is 4.79 Å². The van der Waals surface area contributed by atoms with E-state index in [1.807, 2.05) is 0 Å². The predicted molar refractivity (Wildman–Crippen MR) is 111 cm³/mol. The average molecular weight is 420 g/mol. The van der Waals surface area contributed by atoms with Crippen LogP contribution in [0.1, 0.15) is 12.5 Å². The molecule has 0 aromatic heterocycles. The summed E-state index contributed by atoms with van der Waals surface area (Å²) in [6.45, 7) is 1.47. The Hall–Kier alpha value is -3.19. The molecule has 2 aromatic carbocycles. The molecule has 0 heterocycles. The molecule has 0 unspecified atom stereocenters. The molecule has 0 spiro atoms. The number of carbonyl (C=O) groups is 2. The van der Waals surface area contributed by atoms with Crippen molar-refractivity contribution in [3.8, 4) is 17.2 Å². The highest BCUT2D eigenvalue weighted by molar-refractivity contribution is 6.32. The summed E-state index contributed by atoms with van der Waals surface area (Å²) in [6, 6.07) is 10.00. The smallest absolute Gasteiger partial charge is 0.331 e. The van der Waals surface area contributed by atoms with Crippen molar-refractivity contribution in [3.05, 3.63) is 53.1 Å². The van der Waals surface area contributed by atoms with Gasteiger partial charge in [0.2, 0.25) is 0 Å². The van der Waals surface area contributed by atoms with Crippen molar-refractivity contribution >= 4 is 35.2 Å². The molecule has 0 saturated heterocycles. The molecule has 1 atom stereocenters. The second kappa shape index (κ2) is 10.4. The van der Waals surface area contributed by atoms with Gasteiger partial charge in [0.25, 0.3) is 5.91 Å². The number of methoxy groups -OCH3 is 3. The number of rotatable bonds is 8. The van der Waals surface area contributed by atoms with Crippen molar-refractivity contribution in [1.29, 1.82) is 0 Å². The van der Waals surface area contributed by atoms with E-state index in [4.69, 9.17) is 30.5 Å². The van der Waals surface area contributed by atoms with Gasteiger partial charge in [-0.25, -0.2) is 4.79 Å². The van der Waals surface area contributed by atoms with Crippen LogP contribution in [0.2, 0.25) is 5.02 Å². The Balaban J connectivity index is 1.95. The number of esters is 1. The molecule has 0 fully saturated rings. The summed E-state index contributed by atoms with van der Waals surface area (Å²) in [4.78, 5) is 24.2. The Labute approximate surface area is 174 Å². The summed E-state index contributed by atoms with van der Waals surface area (Å²) < 4.78 is 20.6. The van der Waals surface area contributed by atoms with Crippen molar-refractivity contribution in [2.24, 2.45) is 0 Å². The molecule has 2 rings (SSSR count). The van der Waals surface area contributed by atoms with Gasteiger partial charge in [0.1, 0.15) is 5.75 Å². The minimum absolute atomic E-state index is 0.354. The number of nitrogens with one attached hydrogen (secondary N) is 1. The van der Waals surface area contributed by atoms with E-state index in [9.17, 15) is 9.59 Å². The number of benzene rings is 2. The van der Waals surface area contributed by atoms with E-state index in [2.05, 4.69) is 5.32 Å². The normalized spacial score (nSPS) is 11.6. The highest BCUT2D eigenvalue weighted by Gasteiger charge is 2.17. The largest absolute Gasteiger partial charge is 0.495 e. The SMILES string of the molecule is COc1ccc(NC(=O)[C@@H](C)OC(=O)/C=C/c2ccc(OC)c(OC)c2)cc1Cl. The molecule has 0 aliphatic heterocycles. The van der Waals surface area contributed by atoms with Gasteiger partial charge in [-0.05, 0) is 48.9 Å². The molecule has 8 heteroatoms. The van der Waals surface area contributed by atoms with Crippen LogP contribution in [0.15, 0.2) is 42.5 Å². The fourth-order valence-electron chi connectivity index (χ4n) is 2.38. The number of amides is 1. The van der Waals surface area contributed by atoms with Crippen molar-refractivity contribution in [2.45, 2.75) is 13.0 Å². The van der Waals surface area contributed by atoms with E-state index >= 15 is 0 Å². The van der Waals surface area contributed by atoms with Gasteiger partial charge in [0, 0.05) is 11.8 Å². The van der Waals surface area contributed by atoms with Crippen LogP contribution in [0.5, 0.6) is 17.2 Å². The van der Waals surface area contributed by atoms with Crippen LogP contribution in [-0.4, -0.2) is 39.3 Å². The Bertz CT molecular complexity index is 912. The summed E-state index contributed by atoms with van der Waals surface area (Å²) >= 11 is 6.03. The molecule has 7 nitrogen and oxygen atoms in total. The lowest BCUT2D eigenvalue weighted by molar-refractivity contribution is -0.148. The summed E-state index contributed by atoms with van der Waals surface area (Å²) in [5.41, 5.74) is 1.18. The lowest BCUT2D eigenvalue weighted by atomic mass is 10.2. The van der Waals surface area contributed by atoms with Crippen LogP contribution >= 0.6 is 11.6 Å². The molecule has 1 N–H and O–H groups in total. The van der Waals surface area contributed by atoms with E-state index in [1.54, 1.807) is 42.5 Å². The number of anilines is 1. The van der Waals surface area contributed by atoms with Crippen LogP contribution in [0.3, 0.4) is 0 Å². The van der Waals surface area contributed by atoms with Gasteiger partial charge < -0.3 is 24.3 Å². The minimum atomic E-state index is -1.00. The summed E-state index contributed by atoms with van der Waals surface area (Å²) in [6.07, 6.45) is 1.78. The van der Waals surface area contributed by atoms with E-state index in [0.717, 1.165) is 0 Å². The van der Waals surface area contributed by atoms with E-state index in [-0.39, 0.29) is 0 Å². The van der Waals surface area contributed by atoms with Crippen molar-refractivity contribution in [3.63, 3.8) is 0 Å². The maximum absolute atomic E-state index is 12.2. The van der Waals surface area contributed by atoms with Gasteiger partial charge in [-0.1, -0.05) is 17.7 Å². The lowest BCUT2D eigenvalue weighted by Gasteiger charge is -2.13. The van der Waals surface area contributed by atoms with E-state index in [1.165, 1.54) is 34.3 Å². The Morgan fingerprint density at radius 3 is 2.24 bits per heavy atom. The van der Waals surface area contributed by atoms with Crippen LogP contribution in [0.4, 0.5) is 5.69 Å². The number of hydrogen-bond donors (Lipinski definition) is 1. The predicted octanol–water partition coefficient (Wildman–Crippen LogP) is 3.95. The Morgan fingerprint density at radius 2 is 1.62 bits per heavy atom. The second-order valence-corrected chi connectivity index (χ2v) is 6.27. The first-order chi connectivity index (χ1) is 13.9. The first-order valence-electron chi connectivity index (χ1n) is 8.63. The monoisotopic (exact) mass is 419 g/mol. The quantitative estimate of drug-likeness (QED) is 0.515. The number of hydrogen-bond acceptors (Lipinski definition) is 6. The average Bonchev–Trinajstić information content (AvgIpc) is 2.72.